The maximum Gasteiger partial charge on any atom is 0.138 e. The largest absolute Gasteiger partial charge is 0.495 e. The van der Waals surface area contributed by atoms with Crippen LogP contribution in [-0.2, 0) is 6.54 Å². The van der Waals surface area contributed by atoms with Crippen LogP contribution in [-0.4, -0.2) is 7.11 Å². The van der Waals surface area contributed by atoms with Gasteiger partial charge in [0, 0.05) is 26.7 Å². The van der Waals surface area contributed by atoms with Gasteiger partial charge in [0.25, 0.3) is 0 Å². The van der Waals surface area contributed by atoms with Gasteiger partial charge in [-0.3, -0.25) is 0 Å². The lowest BCUT2D eigenvalue weighted by Gasteiger charge is -2.14. The minimum atomic E-state index is 0.684. The molecule has 5 heteroatoms. The summed E-state index contributed by atoms with van der Waals surface area (Å²) in [6, 6.07) is 10.3. The lowest BCUT2D eigenvalue weighted by atomic mass is 10.2. The fourth-order valence-electron chi connectivity index (χ4n) is 1.94. The smallest absolute Gasteiger partial charge is 0.138 e. The Bertz CT molecular complexity index is 629. The van der Waals surface area contributed by atoms with Gasteiger partial charge in [0.2, 0.25) is 0 Å². The van der Waals surface area contributed by atoms with E-state index in [4.69, 9.17) is 4.74 Å². The fraction of sp³-hybridized carbons (Fsp3) is 0.200. The molecule has 0 radical (unpaired) electrons. The topological polar surface area (TPSA) is 21.3 Å². The van der Waals surface area contributed by atoms with E-state index >= 15 is 0 Å². The van der Waals surface area contributed by atoms with E-state index in [0.717, 1.165) is 30.4 Å². The Kier molecular flexibility index (Phi) is 5.52. The fourth-order valence-corrected chi connectivity index (χ4v) is 3.80. The van der Waals surface area contributed by atoms with Crippen molar-refractivity contribution in [3.05, 3.63) is 54.9 Å². The number of benzene rings is 2. The zero-order valence-electron chi connectivity index (χ0n) is 11.1. The molecular weight excluding hydrogens is 450 g/mol. The summed E-state index contributed by atoms with van der Waals surface area (Å²) < 4.78 is 8.46. The molecule has 20 heavy (non-hydrogen) atoms. The Balaban J connectivity index is 2.24. The predicted octanol–water partition coefficient (Wildman–Crippen LogP) is 5.90. The van der Waals surface area contributed by atoms with Gasteiger partial charge in [-0.1, -0.05) is 22.0 Å². The van der Waals surface area contributed by atoms with Crippen molar-refractivity contribution in [2.24, 2.45) is 0 Å². The number of rotatable bonds is 4. The zero-order chi connectivity index (χ0) is 14.7. The Morgan fingerprint density at radius 1 is 1.05 bits per heavy atom. The number of ether oxygens (including phenoxy) is 1. The van der Waals surface area contributed by atoms with Crippen LogP contribution in [0, 0.1) is 6.92 Å². The molecule has 0 bridgehead atoms. The Morgan fingerprint density at radius 2 is 1.80 bits per heavy atom. The summed E-state index contributed by atoms with van der Waals surface area (Å²) in [5, 5.41) is 3.43. The van der Waals surface area contributed by atoms with E-state index in [2.05, 4.69) is 78.2 Å². The van der Waals surface area contributed by atoms with Crippen molar-refractivity contribution >= 4 is 53.5 Å². The lowest BCUT2D eigenvalue weighted by molar-refractivity contribution is 0.407. The first kappa shape index (κ1) is 15.9. The van der Waals surface area contributed by atoms with Gasteiger partial charge in [-0.15, -0.1) is 0 Å². The maximum absolute atomic E-state index is 5.45. The van der Waals surface area contributed by atoms with Crippen LogP contribution in [0.25, 0.3) is 0 Å². The van der Waals surface area contributed by atoms with Crippen LogP contribution in [0.3, 0.4) is 0 Å². The van der Waals surface area contributed by atoms with Gasteiger partial charge in [0.05, 0.1) is 11.6 Å². The normalized spacial score (nSPS) is 10.4. The molecule has 0 amide bonds. The first-order chi connectivity index (χ1) is 9.51. The van der Waals surface area contributed by atoms with Gasteiger partial charge in [-0.2, -0.15) is 0 Å². The monoisotopic (exact) mass is 461 g/mol. The quantitative estimate of drug-likeness (QED) is 0.609. The third kappa shape index (κ3) is 3.77. The van der Waals surface area contributed by atoms with Gasteiger partial charge in [0.15, 0.2) is 0 Å². The minimum Gasteiger partial charge on any atom is -0.495 e. The van der Waals surface area contributed by atoms with Crippen molar-refractivity contribution in [3.8, 4) is 5.75 Å². The van der Waals surface area contributed by atoms with Crippen molar-refractivity contribution in [2.45, 2.75) is 13.5 Å². The predicted molar refractivity (Wildman–Crippen MR) is 94.6 cm³/mol. The zero-order valence-corrected chi connectivity index (χ0v) is 15.9. The van der Waals surface area contributed by atoms with Crippen LogP contribution in [0.2, 0.25) is 0 Å². The molecule has 2 nitrogen and oxygen atoms in total. The summed E-state index contributed by atoms with van der Waals surface area (Å²) >= 11 is 10.6. The summed E-state index contributed by atoms with van der Waals surface area (Å²) in [7, 11) is 1.68. The molecule has 0 saturated carbocycles. The number of methoxy groups -OCH3 is 1. The average molecular weight is 464 g/mol. The molecule has 0 aliphatic rings. The third-order valence-corrected chi connectivity index (χ3v) is 4.62. The second-order valence-corrected chi connectivity index (χ2v) is 7.04. The molecule has 0 aliphatic carbocycles. The molecular formula is C15H14Br3NO. The van der Waals surface area contributed by atoms with E-state index in [1.807, 2.05) is 12.1 Å². The van der Waals surface area contributed by atoms with E-state index in [9.17, 15) is 0 Å². The van der Waals surface area contributed by atoms with E-state index in [1.165, 1.54) is 5.56 Å². The lowest BCUT2D eigenvalue weighted by Crippen LogP contribution is -2.03. The van der Waals surface area contributed by atoms with Gasteiger partial charge >= 0.3 is 0 Å². The summed E-state index contributed by atoms with van der Waals surface area (Å²) in [5.74, 6) is 0.851. The molecule has 0 fully saturated rings. The first-order valence-electron chi connectivity index (χ1n) is 6.03. The summed E-state index contributed by atoms with van der Waals surface area (Å²) in [5.41, 5.74) is 3.38. The Morgan fingerprint density at radius 3 is 2.50 bits per heavy atom. The molecule has 0 aliphatic heterocycles. The molecule has 0 atom stereocenters. The number of hydrogen-bond donors (Lipinski definition) is 1. The SMILES string of the molecule is COc1c(Br)cc(Br)cc1CNc1cc(C)ccc1Br. The second kappa shape index (κ2) is 6.96. The molecule has 0 spiro atoms. The highest BCUT2D eigenvalue weighted by atomic mass is 79.9. The van der Waals surface area contributed by atoms with E-state index in [0.29, 0.717) is 6.54 Å². The van der Waals surface area contributed by atoms with Crippen molar-refractivity contribution in [2.75, 3.05) is 12.4 Å². The van der Waals surface area contributed by atoms with Crippen molar-refractivity contribution in [1.82, 2.24) is 0 Å². The van der Waals surface area contributed by atoms with Gasteiger partial charge in [-0.25, -0.2) is 0 Å². The van der Waals surface area contributed by atoms with Crippen LogP contribution >= 0.6 is 47.8 Å². The highest BCUT2D eigenvalue weighted by Crippen LogP contribution is 2.33. The van der Waals surface area contributed by atoms with Crippen LogP contribution in [0.15, 0.2) is 43.7 Å². The summed E-state index contributed by atoms with van der Waals surface area (Å²) in [4.78, 5) is 0. The first-order valence-corrected chi connectivity index (χ1v) is 8.41. The van der Waals surface area contributed by atoms with Gasteiger partial charge < -0.3 is 10.1 Å². The van der Waals surface area contributed by atoms with Crippen molar-refractivity contribution in [1.29, 1.82) is 0 Å². The molecule has 2 aromatic carbocycles. The van der Waals surface area contributed by atoms with Crippen molar-refractivity contribution < 1.29 is 4.74 Å². The standard InChI is InChI=1S/C15H14Br3NO/c1-9-3-4-12(17)14(5-9)19-8-10-6-11(16)7-13(18)15(10)20-2/h3-7,19H,8H2,1-2H3. The van der Waals surface area contributed by atoms with Crippen molar-refractivity contribution in [3.63, 3.8) is 0 Å². The second-order valence-electron chi connectivity index (χ2n) is 4.42. The molecule has 0 unspecified atom stereocenters. The number of halogens is 3. The summed E-state index contributed by atoms with van der Waals surface area (Å²) in [6.45, 7) is 2.76. The molecule has 0 aromatic heterocycles. The molecule has 2 rings (SSSR count). The molecule has 106 valence electrons. The minimum absolute atomic E-state index is 0.684. The third-order valence-electron chi connectivity index (χ3n) is 2.88. The van der Waals surface area contributed by atoms with Crippen LogP contribution in [0.1, 0.15) is 11.1 Å². The Labute approximate surface area is 144 Å². The van der Waals surface area contributed by atoms with Gasteiger partial charge in [0.1, 0.15) is 5.75 Å². The van der Waals surface area contributed by atoms with Crippen LogP contribution in [0.4, 0.5) is 5.69 Å². The number of nitrogens with one attached hydrogen (secondary N) is 1. The van der Waals surface area contributed by atoms with Gasteiger partial charge in [-0.05, 0) is 68.6 Å². The van der Waals surface area contributed by atoms with Crippen LogP contribution in [0.5, 0.6) is 5.75 Å². The molecule has 2 aromatic rings. The molecule has 0 saturated heterocycles. The van der Waals surface area contributed by atoms with E-state index in [1.54, 1.807) is 7.11 Å². The maximum atomic E-state index is 5.45. The molecule has 1 N–H and O–H groups in total. The van der Waals surface area contributed by atoms with Crippen LogP contribution < -0.4 is 10.1 Å². The average Bonchev–Trinajstić information content (AvgIpc) is 2.39. The number of anilines is 1. The Hall–Kier alpha value is -0.520. The highest BCUT2D eigenvalue weighted by Gasteiger charge is 2.10. The van der Waals surface area contributed by atoms with E-state index < -0.39 is 0 Å². The molecule has 0 heterocycles. The van der Waals surface area contributed by atoms with E-state index in [-0.39, 0.29) is 0 Å². The highest BCUT2D eigenvalue weighted by molar-refractivity contribution is 9.11. The number of aryl methyl sites for hydroxylation is 1. The summed E-state index contributed by atoms with van der Waals surface area (Å²) in [6.07, 6.45) is 0. The number of hydrogen-bond acceptors (Lipinski definition) is 2.